The number of methoxy groups -OCH3 is 1. The summed E-state index contributed by atoms with van der Waals surface area (Å²) in [5.41, 5.74) is 0.652. The summed E-state index contributed by atoms with van der Waals surface area (Å²) in [6, 6.07) is 7.13. The maximum atomic E-state index is 12.9. The molecule has 0 atom stereocenters. The summed E-state index contributed by atoms with van der Waals surface area (Å²) in [5, 5.41) is 5.29. The van der Waals surface area contributed by atoms with Crippen molar-refractivity contribution in [1.82, 2.24) is 4.31 Å². The molecule has 1 heterocycles. The Morgan fingerprint density at radius 3 is 2.67 bits per heavy atom. The number of fused-ring (bicyclic) bond motifs is 1. The van der Waals surface area contributed by atoms with Gasteiger partial charge in [0.1, 0.15) is 16.4 Å². The fraction of sp³-hybridized carbons (Fsp3) is 0.222. The summed E-state index contributed by atoms with van der Waals surface area (Å²) in [4.78, 5) is 23.5. The van der Waals surface area contributed by atoms with E-state index in [0.717, 1.165) is 4.31 Å². The first-order valence-electron chi connectivity index (χ1n) is 8.47. The maximum absolute atomic E-state index is 12.9. The molecule has 2 aromatic rings. The molecule has 0 unspecified atom stereocenters. The molecule has 0 bridgehead atoms. The second-order valence-electron chi connectivity index (χ2n) is 6.27. The van der Waals surface area contributed by atoms with Gasteiger partial charge < -0.3 is 20.1 Å². The van der Waals surface area contributed by atoms with Crippen LogP contribution in [0.15, 0.2) is 35.2 Å². The van der Waals surface area contributed by atoms with Crippen LogP contribution in [0.3, 0.4) is 0 Å². The Bertz CT molecular complexity index is 1120. The lowest BCUT2D eigenvalue weighted by atomic mass is 10.2. The third-order valence-electron chi connectivity index (χ3n) is 4.16. The molecule has 30 heavy (non-hydrogen) atoms. The molecule has 0 fully saturated rings. The Morgan fingerprint density at radius 2 is 2.00 bits per heavy atom. The van der Waals surface area contributed by atoms with Gasteiger partial charge in [0, 0.05) is 18.8 Å². The van der Waals surface area contributed by atoms with Crippen LogP contribution in [0, 0.1) is 0 Å². The first-order chi connectivity index (χ1) is 14.1. The van der Waals surface area contributed by atoms with E-state index in [1.165, 1.54) is 32.4 Å². The van der Waals surface area contributed by atoms with Crippen LogP contribution < -0.4 is 20.1 Å². The first kappa shape index (κ1) is 22.2. The van der Waals surface area contributed by atoms with Crippen molar-refractivity contribution in [1.29, 1.82) is 0 Å². The number of carbonyl (C=O) groups excluding carboxylic acids is 2. The molecule has 0 aromatic heterocycles. The molecule has 9 nitrogen and oxygen atoms in total. The number of rotatable bonds is 6. The summed E-state index contributed by atoms with van der Waals surface area (Å²) in [6.45, 7) is -0.715. The Balaban J connectivity index is 1.76. The largest absolute Gasteiger partial charge is 0.495 e. The fourth-order valence-corrected chi connectivity index (χ4v) is 4.58. The summed E-state index contributed by atoms with van der Waals surface area (Å²) in [7, 11) is -1.41. The Kier molecular flexibility index (Phi) is 6.41. The number of anilines is 2. The van der Waals surface area contributed by atoms with E-state index in [9.17, 15) is 18.0 Å². The number of nitrogens with zero attached hydrogens (tertiary/aromatic N) is 1. The number of amides is 2. The zero-order valence-corrected chi connectivity index (χ0v) is 18.2. The van der Waals surface area contributed by atoms with E-state index in [1.54, 1.807) is 12.1 Å². The molecule has 0 aliphatic carbocycles. The molecule has 12 heteroatoms. The summed E-state index contributed by atoms with van der Waals surface area (Å²) in [6.07, 6.45) is 0. The smallest absolute Gasteiger partial charge is 0.262 e. The molecule has 0 spiro atoms. The summed E-state index contributed by atoms with van der Waals surface area (Å²) >= 11 is 12.1. The number of nitrogens with one attached hydrogen (secondary N) is 2. The Hall–Kier alpha value is -2.53. The maximum Gasteiger partial charge on any atom is 0.262 e. The number of hydrogen-bond acceptors (Lipinski definition) is 6. The van der Waals surface area contributed by atoms with Crippen molar-refractivity contribution in [3.8, 4) is 11.5 Å². The van der Waals surface area contributed by atoms with E-state index in [4.69, 9.17) is 32.7 Å². The van der Waals surface area contributed by atoms with Crippen LogP contribution in [0.4, 0.5) is 11.4 Å². The number of benzene rings is 2. The molecule has 0 radical (unpaired) electrons. The van der Waals surface area contributed by atoms with E-state index in [2.05, 4.69) is 10.6 Å². The number of halogens is 2. The van der Waals surface area contributed by atoms with Gasteiger partial charge in [0.25, 0.3) is 5.91 Å². The first-order valence-corrected chi connectivity index (χ1v) is 10.7. The number of sulfonamides is 1. The second kappa shape index (κ2) is 8.68. The minimum absolute atomic E-state index is 0.117. The Labute approximate surface area is 182 Å². The molecule has 160 valence electrons. The molecular weight excluding hydrogens is 457 g/mol. The van der Waals surface area contributed by atoms with Gasteiger partial charge in [-0.3, -0.25) is 9.59 Å². The van der Waals surface area contributed by atoms with Crippen LogP contribution >= 0.6 is 23.2 Å². The minimum Gasteiger partial charge on any atom is -0.495 e. The lowest BCUT2D eigenvalue weighted by Gasteiger charge is -2.22. The zero-order valence-electron chi connectivity index (χ0n) is 15.9. The van der Waals surface area contributed by atoms with Gasteiger partial charge in [0.05, 0.1) is 29.4 Å². The fourth-order valence-electron chi connectivity index (χ4n) is 2.68. The van der Waals surface area contributed by atoms with Gasteiger partial charge in [0.15, 0.2) is 6.61 Å². The normalized spacial score (nSPS) is 13.3. The second-order valence-corrected chi connectivity index (χ2v) is 9.10. The van der Waals surface area contributed by atoms with Gasteiger partial charge in [-0.15, -0.1) is 0 Å². The third-order valence-corrected chi connectivity index (χ3v) is 6.72. The molecule has 2 amide bonds. The number of likely N-dealkylation sites (N-methyl/N-ethyl adjacent to an activating group) is 1. The highest BCUT2D eigenvalue weighted by atomic mass is 35.5. The molecule has 2 N–H and O–H groups in total. The molecule has 3 rings (SSSR count). The minimum atomic E-state index is -4.12. The molecule has 1 aliphatic heterocycles. The predicted molar refractivity (Wildman–Crippen MR) is 112 cm³/mol. The summed E-state index contributed by atoms with van der Waals surface area (Å²) < 4.78 is 37.0. The van der Waals surface area contributed by atoms with Crippen molar-refractivity contribution < 1.29 is 27.5 Å². The number of ether oxygens (including phenoxy) is 2. The topological polar surface area (TPSA) is 114 Å². The molecular formula is C18H17Cl2N3O6S. The van der Waals surface area contributed by atoms with Gasteiger partial charge >= 0.3 is 0 Å². The highest BCUT2D eigenvalue weighted by Crippen LogP contribution is 2.36. The van der Waals surface area contributed by atoms with Crippen molar-refractivity contribution in [3.05, 3.63) is 40.4 Å². The average Bonchev–Trinajstić information content (AvgIpc) is 2.67. The lowest BCUT2D eigenvalue weighted by Crippen LogP contribution is -2.35. The van der Waals surface area contributed by atoms with Gasteiger partial charge in [-0.1, -0.05) is 23.2 Å². The third kappa shape index (κ3) is 4.62. The van der Waals surface area contributed by atoms with Crippen LogP contribution in [0.2, 0.25) is 10.0 Å². The van der Waals surface area contributed by atoms with E-state index in [-0.39, 0.29) is 33.9 Å². The van der Waals surface area contributed by atoms with Crippen LogP contribution in [0.25, 0.3) is 0 Å². The van der Waals surface area contributed by atoms with Crippen LogP contribution in [-0.2, 0) is 19.6 Å². The van der Waals surface area contributed by atoms with Crippen molar-refractivity contribution >= 4 is 56.4 Å². The van der Waals surface area contributed by atoms with Crippen molar-refractivity contribution in [3.63, 3.8) is 0 Å². The number of hydrogen-bond donors (Lipinski definition) is 2. The van der Waals surface area contributed by atoms with E-state index in [1.807, 2.05) is 0 Å². The molecule has 0 saturated carbocycles. The quantitative estimate of drug-likeness (QED) is 0.666. The van der Waals surface area contributed by atoms with Crippen LogP contribution in [-0.4, -0.2) is 51.8 Å². The average molecular weight is 474 g/mol. The Morgan fingerprint density at radius 1 is 1.27 bits per heavy atom. The summed E-state index contributed by atoms with van der Waals surface area (Å²) in [5.74, 6) is -0.348. The van der Waals surface area contributed by atoms with E-state index in [0.29, 0.717) is 16.5 Å². The van der Waals surface area contributed by atoms with Gasteiger partial charge in [-0.05, 0) is 24.3 Å². The van der Waals surface area contributed by atoms with Gasteiger partial charge in [-0.2, -0.15) is 4.31 Å². The lowest BCUT2D eigenvalue weighted by molar-refractivity contribution is -0.118. The van der Waals surface area contributed by atoms with Crippen molar-refractivity contribution in [2.45, 2.75) is 4.90 Å². The van der Waals surface area contributed by atoms with Gasteiger partial charge in [0.2, 0.25) is 15.9 Å². The van der Waals surface area contributed by atoms with Crippen LogP contribution in [0.5, 0.6) is 11.5 Å². The highest BCUT2D eigenvalue weighted by molar-refractivity contribution is 7.89. The standard InChI is InChI=1S/C18H17Cl2N3O6S/c1-23(8-17(24)21-10-3-4-14(28-2)11(19)5-10)30(26,27)16-7-15-13(6-12(16)20)22-18(25)9-29-15/h3-7H,8-9H2,1-2H3,(H,21,24)(H,22,25). The number of carbonyl (C=O) groups is 2. The van der Waals surface area contributed by atoms with E-state index >= 15 is 0 Å². The molecule has 0 saturated heterocycles. The highest BCUT2D eigenvalue weighted by Gasteiger charge is 2.29. The molecule has 2 aromatic carbocycles. The predicted octanol–water partition coefficient (Wildman–Crippen LogP) is 2.59. The zero-order chi connectivity index (χ0) is 22.1. The van der Waals surface area contributed by atoms with Gasteiger partial charge in [-0.25, -0.2) is 8.42 Å². The monoisotopic (exact) mass is 473 g/mol. The van der Waals surface area contributed by atoms with Crippen molar-refractivity contribution in [2.75, 3.05) is 37.9 Å². The van der Waals surface area contributed by atoms with Crippen molar-refractivity contribution in [2.24, 2.45) is 0 Å². The van der Waals surface area contributed by atoms with E-state index < -0.39 is 22.5 Å². The SMILES string of the molecule is COc1ccc(NC(=O)CN(C)S(=O)(=O)c2cc3c(cc2Cl)NC(=O)CO3)cc1Cl. The van der Waals surface area contributed by atoms with Crippen LogP contribution in [0.1, 0.15) is 0 Å². The molecule has 1 aliphatic rings.